The van der Waals surface area contributed by atoms with Crippen LogP contribution in [-0.4, -0.2) is 38.1 Å². The van der Waals surface area contributed by atoms with Gasteiger partial charge in [-0.05, 0) is 18.9 Å². The van der Waals surface area contributed by atoms with Gasteiger partial charge in [0.15, 0.2) is 0 Å². The molecule has 1 saturated heterocycles. The van der Waals surface area contributed by atoms with E-state index < -0.39 is 6.03 Å². The summed E-state index contributed by atoms with van der Waals surface area (Å²) in [5.41, 5.74) is 4.90. The summed E-state index contributed by atoms with van der Waals surface area (Å²) in [5.74, 6) is 0.621. The van der Waals surface area contributed by atoms with Crippen molar-refractivity contribution < 1.29 is 9.59 Å². The monoisotopic (exact) mass is 228 g/mol. The third-order valence-corrected chi connectivity index (χ3v) is 2.66. The van der Waals surface area contributed by atoms with Crippen molar-refractivity contribution in [2.45, 2.75) is 13.3 Å². The van der Waals surface area contributed by atoms with Gasteiger partial charge in [0.25, 0.3) is 0 Å². The van der Waals surface area contributed by atoms with Gasteiger partial charge in [0.2, 0.25) is 5.91 Å². The number of hydrogen-bond donors (Lipinski definition) is 4. The van der Waals surface area contributed by atoms with Crippen LogP contribution in [0.4, 0.5) is 4.79 Å². The van der Waals surface area contributed by atoms with Crippen LogP contribution >= 0.6 is 0 Å². The minimum atomic E-state index is -0.567. The van der Waals surface area contributed by atoms with Crippen LogP contribution in [0.15, 0.2) is 0 Å². The summed E-state index contributed by atoms with van der Waals surface area (Å²) in [7, 11) is 0. The van der Waals surface area contributed by atoms with Crippen molar-refractivity contribution in [3.63, 3.8) is 0 Å². The van der Waals surface area contributed by atoms with Crippen molar-refractivity contribution in [1.82, 2.24) is 16.0 Å². The van der Waals surface area contributed by atoms with E-state index in [1.165, 1.54) is 0 Å². The lowest BCUT2D eigenvalue weighted by Crippen LogP contribution is -2.45. The molecule has 2 unspecified atom stereocenters. The Morgan fingerprint density at radius 1 is 1.31 bits per heavy atom. The molecule has 0 saturated carbocycles. The highest BCUT2D eigenvalue weighted by molar-refractivity contribution is 5.79. The number of nitrogens with two attached hydrogens (primary N) is 1. The van der Waals surface area contributed by atoms with Gasteiger partial charge in [-0.15, -0.1) is 0 Å². The second-order valence-electron chi connectivity index (χ2n) is 4.28. The lowest BCUT2D eigenvalue weighted by molar-refractivity contribution is -0.125. The average Bonchev–Trinajstić information content (AvgIpc) is 2.24. The highest BCUT2D eigenvalue weighted by Crippen LogP contribution is 2.15. The SMILES string of the molecule is CC1CNCC(C(=O)NCCNC(N)=O)C1. The minimum absolute atomic E-state index is 0.0392. The Labute approximate surface area is 95.3 Å². The fraction of sp³-hybridized carbons (Fsp3) is 0.800. The number of urea groups is 1. The molecule has 1 aliphatic heterocycles. The van der Waals surface area contributed by atoms with Gasteiger partial charge in [-0.1, -0.05) is 6.92 Å². The Morgan fingerprint density at radius 2 is 2.00 bits per heavy atom. The van der Waals surface area contributed by atoms with E-state index in [2.05, 4.69) is 22.9 Å². The molecular formula is C10H20N4O2. The molecule has 5 N–H and O–H groups in total. The van der Waals surface area contributed by atoms with Crippen LogP contribution in [-0.2, 0) is 4.79 Å². The van der Waals surface area contributed by atoms with Gasteiger partial charge in [0, 0.05) is 19.6 Å². The number of amides is 3. The van der Waals surface area contributed by atoms with Crippen molar-refractivity contribution in [1.29, 1.82) is 0 Å². The first-order chi connectivity index (χ1) is 7.59. The number of piperidine rings is 1. The zero-order valence-electron chi connectivity index (χ0n) is 9.58. The molecule has 3 amide bonds. The standard InChI is InChI=1S/C10H20N4O2/c1-7-4-8(6-12-5-7)9(15)13-2-3-14-10(11)16/h7-8,12H,2-6H2,1H3,(H,13,15)(H3,11,14,16). The van der Waals surface area contributed by atoms with E-state index in [0.29, 0.717) is 19.0 Å². The van der Waals surface area contributed by atoms with E-state index in [4.69, 9.17) is 5.73 Å². The van der Waals surface area contributed by atoms with Gasteiger partial charge in [-0.25, -0.2) is 4.79 Å². The van der Waals surface area contributed by atoms with Crippen LogP contribution in [0.5, 0.6) is 0 Å². The maximum absolute atomic E-state index is 11.7. The largest absolute Gasteiger partial charge is 0.354 e. The molecule has 0 aromatic carbocycles. The summed E-state index contributed by atoms with van der Waals surface area (Å²) in [4.78, 5) is 22.1. The van der Waals surface area contributed by atoms with E-state index in [9.17, 15) is 9.59 Å². The van der Waals surface area contributed by atoms with Gasteiger partial charge >= 0.3 is 6.03 Å². The van der Waals surface area contributed by atoms with E-state index in [1.807, 2.05) is 0 Å². The van der Waals surface area contributed by atoms with Gasteiger partial charge < -0.3 is 21.7 Å². The molecule has 0 spiro atoms. The van der Waals surface area contributed by atoms with Crippen molar-refractivity contribution in [3.05, 3.63) is 0 Å². The Balaban J connectivity index is 2.16. The first-order valence-electron chi connectivity index (χ1n) is 5.61. The lowest BCUT2D eigenvalue weighted by Gasteiger charge is -2.26. The number of nitrogens with one attached hydrogen (secondary N) is 3. The Bertz CT molecular complexity index is 257. The van der Waals surface area contributed by atoms with Crippen molar-refractivity contribution in [2.75, 3.05) is 26.2 Å². The van der Waals surface area contributed by atoms with Crippen LogP contribution in [0.1, 0.15) is 13.3 Å². The first kappa shape index (κ1) is 12.8. The van der Waals surface area contributed by atoms with Gasteiger partial charge in [0.05, 0.1) is 5.92 Å². The Morgan fingerprint density at radius 3 is 2.62 bits per heavy atom. The highest BCUT2D eigenvalue weighted by Gasteiger charge is 2.24. The van der Waals surface area contributed by atoms with E-state index in [0.717, 1.165) is 19.5 Å². The molecule has 1 aliphatic rings. The number of rotatable bonds is 4. The zero-order chi connectivity index (χ0) is 12.0. The molecule has 1 rings (SSSR count). The molecule has 92 valence electrons. The van der Waals surface area contributed by atoms with E-state index in [1.54, 1.807) is 0 Å². The molecule has 0 radical (unpaired) electrons. The van der Waals surface area contributed by atoms with Crippen molar-refractivity contribution in [3.8, 4) is 0 Å². The summed E-state index contributed by atoms with van der Waals surface area (Å²) in [5, 5.41) is 8.42. The molecule has 0 aliphatic carbocycles. The maximum atomic E-state index is 11.7. The third kappa shape index (κ3) is 4.48. The Kier molecular flexibility index (Phi) is 5.04. The fourth-order valence-corrected chi connectivity index (χ4v) is 1.87. The average molecular weight is 228 g/mol. The van der Waals surface area contributed by atoms with Crippen LogP contribution in [0, 0.1) is 11.8 Å². The van der Waals surface area contributed by atoms with Crippen LogP contribution in [0.25, 0.3) is 0 Å². The summed E-state index contributed by atoms with van der Waals surface area (Å²) >= 11 is 0. The Hall–Kier alpha value is -1.30. The zero-order valence-corrected chi connectivity index (χ0v) is 9.58. The molecule has 1 fully saturated rings. The minimum Gasteiger partial charge on any atom is -0.354 e. The molecule has 16 heavy (non-hydrogen) atoms. The summed E-state index contributed by atoms with van der Waals surface area (Å²) in [6.45, 7) is 4.64. The van der Waals surface area contributed by atoms with Gasteiger partial charge in [-0.3, -0.25) is 4.79 Å². The number of hydrogen-bond acceptors (Lipinski definition) is 3. The number of carbonyl (C=O) groups excluding carboxylic acids is 2. The van der Waals surface area contributed by atoms with E-state index in [-0.39, 0.29) is 11.8 Å². The summed E-state index contributed by atoms with van der Waals surface area (Å²) in [6.07, 6.45) is 0.919. The second-order valence-corrected chi connectivity index (χ2v) is 4.28. The fourth-order valence-electron chi connectivity index (χ4n) is 1.87. The second kappa shape index (κ2) is 6.32. The first-order valence-corrected chi connectivity index (χ1v) is 5.61. The van der Waals surface area contributed by atoms with Crippen molar-refractivity contribution in [2.24, 2.45) is 17.6 Å². The predicted molar refractivity (Wildman–Crippen MR) is 60.7 cm³/mol. The predicted octanol–water partition coefficient (Wildman–Crippen LogP) is -0.983. The smallest absolute Gasteiger partial charge is 0.312 e. The molecule has 1 heterocycles. The van der Waals surface area contributed by atoms with Gasteiger partial charge in [0.1, 0.15) is 0 Å². The lowest BCUT2D eigenvalue weighted by atomic mass is 9.91. The molecule has 2 atom stereocenters. The molecule has 6 nitrogen and oxygen atoms in total. The third-order valence-electron chi connectivity index (χ3n) is 2.66. The molecular weight excluding hydrogens is 208 g/mol. The molecule has 0 aromatic heterocycles. The summed E-state index contributed by atoms with van der Waals surface area (Å²) < 4.78 is 0. The molecule has 0 aromatic rings. The summed E-state index contributed by atoms with van der Waals surface area (Å²) in [6, 6.07) is -0.567. The highest BCUT2D eigenvalue weighted by atomic mass is 16.2. The van der Waals surface area contributed by atoms with E-state index >= 15 is 0 Å². The maximum Gasteiger partial charge on any atom is 0.312 e. The molecule has 6 heteroatoms. The quantitative estimate of drug-likeness (QED) is 0.465. The number of carbonyl (C=O) groups is 2. The topological polar surface area (TPSA) is 96.2 Å². The van der Waals surface area contributed by atoms with Gasteiger partial charge in [-0.2, -0.15) is 0 Å². The number of primary amides is 1. The van der Waals surface area contributed by atoms with Crippen LogP contribution < -0.4 is 21.7 Å². The molecule has 0 bridgehead atoms. The van der Waals surface area contributed by atoms with Crippen LogP contribution in [0.2, 0.25) is 0 Å². The van der Waals surface area contributed by atoms with Crippen molar-refractivity contribution >= 4 is 11.9 Å². The normalized spacial score (nSPS) is 24.8. The van der Waals surface area contributed by atoms with Crippen LogP contribution in [0.3, 0.4) is 0 Å².